The van der Waals surface area contributed by atoms with Crippen LogP contribution in [0.15, 0.2) is 18.2 Å². The van der Waals surface area contributed by atoms with Gasteiger partial charge < -0.3 is 9.67 Å². The molecule has 1 saturated heterocycles. The molecule has 2 heterocycles. The number of carboxylic acid groups (broad SMARTS) is 1. The summed E-state index contributed by atoms with van der Waals surface area (Å²) in [7, 11) is 0. The first-order chi connectivity index (χ1) is 10.2. The van der Waals surface area contributed by atoms with Crippen LogP contribution in [0.25, 0.3) is 11.0 Å². The highest BCUT2D eigenvalue weighted by Gasteiger charge is 2.31. The molecule has 0 amide bonds. The standard InChI is InChI=1S/C16H18N2O2S/c19-16(20)12-2-1-3-13-14(12)17-15(11-4-5-11)18(13)8-10-6-7-21-9-10/h1-3,10-11H,4-9H2,(H,19,20). The number of thioether (sulfide) groups is 1. The predicted octanol–water partition coefficient (Wildman–Crippen LogP) is 3.37. The Hall–Kier alpha value is -1.49. The number of aromatic nitrogens is 2. The van der Waals surface area contributed by atoms with Crippen molar-refractivity contribution in [1.82, 2.24) is 9.55 Å². The third-order valence-electron chi connectivity index (χ3n) is 4.45. The number of hydrogen-bond acceptors (Lipinski definition) is 3. The van der Waals surface area contributed by atoms with Crippen LogP contribution >= 0.6 is 11.8 Å². The zero-order valence-electron chi connectivity index (χ0n) is 11.8. The SMILES string of the molecule is O=C(O)c1cccc2c1nc(C1CC1)n2CC1CCSC1. The second-order valence-electron chi connectivity index (χ2n) is 6.06. The Bertz CT molecular complexity index is 700. The van der Waals surface area contributed by atoms with E-state index in [-0.39, 0.29) is 0 Å². The van der Waals surface area contributed by atoms with Crippen molar-refractivity contribution in [3.8, 4) is 0 Å². The molecule has 1 saturated carbocycles. The van der Waals surface area contributed by atoms with Gasteiger partial charge in [0.1, 0.15) is 11.3 Å². The summed E-state index contributed by atoms with van der Waals surface area (Å²) >= 11 is 2.02. The first-order valence-electron chi connectivity index (χ1n) is 7.54. The second kappa shape index (κ2) is 5.05. The van der Waals surface area contributed by atoms with Gasteiger partial charge in [0.2, 0.25) is 0 Å². The second-order valence-corrected chi connectivity index (χ2v) is 7.21. The molecule has 1 unspecified atom stereocenters. The molecule has 1 aromatic carbocycles. The van der Waals surface area contributed by atoms with E-state index in [1.165, 1.54) is 30.8 Å². The number of hydrogen-bond donors (Lipinski definition) is 1. The van der Waals surface area contributed by atoms with E-state index in [1.54, 1.807) is 6.07 Å². The number of benzene rings is 1. The zero-order chi connectivity index (χ0) is 14.4. The van der Waals surface area contributed by atoms with Gasteiger partial charge in [-0.1, -0.05) is 6.07 Å². The van der Waals surface area contributed by atoms with Crippen LogP contribution in [-0.4, -0.2) is 32.1 Å². The highest BCUT2D eigenvalue weighted by molar-refractivity contribution is 7.99. The average molecular weight is 302 g/mol. The van der Waals surface area contributed by atoms with E-state index < -0.39 is 5.97 Å². The maximum absolute atomic E-state index is 11.4. The average Bonchev–Trinajstić information content (AvgIpc) is 3.07. The number of carbonyl (C=O) groups is 1. The minimum atomic E-state index is -0.885. The van der Waals surface area contributed by atoms with Gasteiger partial charge in [-0.2, -0.15) is 11.8 Å². The number of carboxylic acids is 1. The van der Waals surface area contributed by atoms with Crippen LogP contribution in [0, 0.1) is 5.92 Å². The summed E-state index contributed by atoms with van der Waals surface area (Å²) in [6.45, 7) is 0.985. The third-order valence-corrected chi connectivity index (χ3v) is 5.68. The molecule has 21 heavy (non-hydrogen) atoms. The highest BCUT2D eigenvalue weighted by Crippen LogP contribution is 2.41. The van der Waals surface area contributed by atoms with Gasteiger partial charge in [0, 0.05) is 12.5 Å². The van der Waals surface area contributed by atoms with Gasteiger partial charge in [0.15, 0.2) is 0 Å². The number of aromatic carboxylic acids is 1. The van der Waals surface area contributed by atoms with Gasteiger partial charge in [-0.3, -0.25) is 0 Å². The van der Waals surface area contributed by atoms with Crippen LogP contribution in [0.1, 0.15) is 41.4 Å². The minimum absolute atomic E-state index is 0.328. The predicted molar refractivity (Wildman–Crippen MR) is 84.1 cm³/mol. The molecule has 4 nitrogen and oxygen atoms in total. The van der Waals surface area contributed by atoms with Gasteiger partial charge in [-0.25, -0.2) is 9.78 Å². The van der Waals surface area contributed by atoms with Crippen molar-refractivity contribution in [3.05, 3.63) is 29.6 Å². The molecule has 1 aliphatic carbocycles. The Balaban J connectivity index is 1.83. The Labute approximate surface area is 127 Å². The fourth-order valence-corrected chi connectivity index (χ4v) is 4.44. The molecule has 1 N–H and O–H groups in total. The highest BCUT2D eigenvalue weighted by atomic mass is 32.2. The molecular weight excluding hydrogens is 284 g/mol. The zero-order valence-corrected chi connectivity index (χ0v) is 12.6. The molecule has 0 spiro atoms. The molecule has 2 aliphatic rings. The van der Waals surface area contributed by atoms with Gasteiger partial charge >= 0.3 is 5.97 Å². The van der Waals surface area contributed by atoms with Crippen LogP contribution < -0.4 is 0 Å². The fraction of sp³-hybridized carbons (Fsp3) is 0.500. The molecule has 2 fully saturated rings. The largest absolute Gasteiger partial charge is 0.478 e. The topological polar surface area (TPSA) is 55.1 Å². The summed E-state index contributed by atoms with van der Waals surface area (Å²) in [5.74, 6) is 3.91. The minimum Gasteiger partial charge on any atom is -0.478 e. The molecule has 110 valence electrons. The summed E-state index contributed by atoms with van der Waals surface area (Å²) in [5, 5.41) is 9.37. The Morgan fingerprint density at radius 1 is 1.38 bits per heavy atom. The smallest absolute Gasteiger partial charge is 0.337 e. The number of para-hydroxylation sites is 1. The summed E-state index contributed by atoms with van der Waals surface area (Å²) < 4.78 is 2.30. The van der Waals surface area contributed by atoms with E-state index in [0.29, 0.717) is 22.9 Å². The van der Waals surface area contributed by atoms with E-state index in [0.717, 1.165) is 17.9 Å². The lowest BCUT2D eigenvalue weighted by molar-refractivity contribution is 0.0699. The van der Waals surface area contributed by atoms with E-state index >= 15 is 0 Å². The normalized spacial score (nSPS) is 22.0. The maximum Gasteiger partial charge on any atom is 0.337 e. The molecular formula is C16H18N2O2S. The third kappa shape index (κ3) is 2.33. The van der Waals surface area contributed by atoms with Gasteiger partial charge in [-0.15, -0.1) is 0 Å². The first-order valence-corrected chi connectivity index (χ1v) is 8.69. The molecule has 5 heteroatoms. The number of nitrogens with zero attached hydrogens (tertiary/aromatic N) is 2. The summed E-state index contributed by atoms with van der Waals surface area (Å²) in [6, 6.07) is 5.51. The number of imidazole rings is 1. The lowest BCUT2D eigenvalue weighted by Gasteiger charge is -2.13. The van der Waals surface area contributed by atoms with Crippen molar-refractivity contribution in [2.75, 3.05) is 11.5 Å². The first kappa shape index (κ1) is 13.2. The molecule has 0 radical (unpaired) electrons. The van der Waals surface area contributed by atoms with Crippen LogP contribution in [-0.2, 0) is 6.54 Å². The fourth-order valence-electron chi connectivity index (χ4n) is 3.17. The summed E-state index contributed by atoms with van der Waals surface area (Å²) in [6.07, 6.45) is 3.63. The van der Waals surface area contributed by atoms with Gasteiger partial charge in [0.25, 0.3) is 0 Å². The number of rotatable bonds is 4. The van der Waals surface area contributed by atoms with Crippen LogP contribution in [0.3, 0.4) is 0 Å². The van der Waals surface area contributed by atoms with Crippen molar-refractivity contribution in [2.45, 2.75) is 31.7 Å². The van der Waals surface area contributed by atoms with Gasteiger partial charge in [-0.05, 0) is 48.8 Å². The van der Waals surface area contributed by atoms with E-state index in [1.807, 2.05) is 23.9 Å². The molecule has 4 rings (SSSR count). The quantitative estimate of drug-likeness (QED) is 0.941. The van der Waals surface area contributed by atoms with Crippen molar-refractivity contribution in [3.63, 3.8) is 0 Å². The Kier molecular flexibility index (Phi) is 3.17. The molecule has 2 aromatic rings. The van der Waals surface area contributed by atoms with Crippen LogP contribution in [0.4, 0.5) is 0 Å². The van der Waals surface area contributed by atoms with Gasteiger partial charge in [0.05, 0.1) is 11.1 Å². The molecule has 1 aromatic heterocycles. The Morgan fingerprint density at radius 3 is 2.90 bits per heavy atom. The molecule has 1 atom stereocenters. The monoisotopic (exact) mass is 302 g/mol. The molecule has 0 bridgehead atoms. The van der Waals surface area contributed by atoms with E-state index in [4.69, 9.17) is 4.98 Å². The van der Waals surface area contributed by atoms with Crippen LogP contribution in [0.5, 0.6) is 0 Å². The molecule has 1 aliphatic heterocycles. The van der Waals surface area contributed by atoms with Crippen molar-refractivity contribution in [1.29, 1.82) is 0 Å². The van der Waals surface area contributed by atoms with E-state index in [2.05, 4.69) is 4.57 Å². The lowest BCUT2D eigenvalue weighted by atomic mass is 10.1. The summed E-state index contributed by atoms with van der Waals surface area (Å²) in [4.78, 5) is 16.1. The van der Waals surface area contributed by atoms with E-state index in [9.17, 15) is 9.90 Å². The van der Waals surface area contributed by atoms with Crippen molar-refractivity contribution >= 4 is 28.8 Å². The van der Waals surface area contributed by atoms with Crippen LogP contribution in [0.2, 0.25) is 0 Å². The van der Waals surface area contributed by atoms with Crippen molar-refractivity contribution in [2.24, 2.45) is 5.92 Å². The van der Waals surface area contributed by atoms with Crippen molar-refractivity contribution < 1.29 is 9.90 Å². The summed E-state index contributed by atoms with van der Waals surface area (Å²) in [5.41, 5.74) is 1.99. The maximum atomic E-state index is 11.4. The lowest BCUT2D eigenvalue weighted by Crippen LogP contribution is -2.12. The Morgan fingerprint density at radius 2 is 2.24 bits per heavy atom. The number of fused-ring (bicyclic) bond motifs is 1.